The van der Waals surface area contributed by atoms with Crippen molar-refractivity contribution < 1.29 is 23.3 Å². The van der Waals surface area contributed by atoms with Gasteiger partial charge in [-0.05, 0) is 30.5 Å². The van der Waals surface area contributed by atoms with E-state index in [1.807, 2.05) is 30.3 Å². The van der Waals surface area contributed by atoms with E-state index in [0.717, 1.165) is 31.2 Å². The summed E-state index contributed by atoms with van der Waals surface area (Å²) < 4.78 is 19.6. The number of carbonyl (C=O) groups excluding carboxylic acids is 3. The Balaban J connectivity index is 1.38. The molecule has 1 aliphatic heterocycles. The lowest BCUT2D eigenvalue weighted by Crippen LogP contribution is -2.45. The molecule has 0 unspecified atom stereocenters. The van der Waals surface area contributed by atoms with Crippen molar-refractivity contribution in [3.8, 4) is 11.3 Å². The second kappa shape index (κ2) is 9.68. The Bertz CT molecular complexity index is 1280. The summed E-state index contributed by atoms with van der Waals surface area (Å²) >= 11 is 0. The van der Waals surface area contributed by atoms with Crippen molar-refractivity contribution in [1.29, 1.82) is 0 Å². The molecule has 2 aliphatic rings. The van der Waals surface area contributed by atoms with Gasteiger partial charge in [0.25, 0.3) is 0 Å². The first kappa shape index (κ1) is 23.9. The topological polar surface area (TPSA) is 83.7 Å². The van der Waals surface area contributed by atoms with Crippen LogP contribution in [0.1, 0.15) is 49.8 Å². The minimum Gasteiger partial charge on any atom is -0.356 e. The molecule has 5 rings (SSSR count). The van der Waals surface area contributed by atoms with Crippen LogP contribution >= 0.6 is 0 Å². The molecule has 1 atom stereocenters. The van der Waals surface area contributed by atoms with Crippen LogP contribution < -0.4 is 0 Å². The number of amides is 3. The van der Waals surface area contributed by atoms with Crippen molar-refractivity contribution in [3.63, 3.8) is 0 Å². The van der Waals surface area contributed by atoms with Crippen molar-refractivity contribution in [2.45, 2.75) is 56.5 Å². The molecule has 3 amide bonds. The van der Waals surface area contributed by atoms with Gasteiger partial charge in [-0.15, -0.1) is 0 Å². The van der Waals surface area contributed by atoms with Gasteiger partial charge in [-0.25, -0.2) is 4.39 Å². The van der Waals surface area contributed by atoms with Crippen molar-refractivity contribution in [3.05, 3.63) is 77.7 Å². The van der Waals surface area contributed by atoms with E-state index in [4.69, 9.17) is 4.52 Å². The van der Waals surface area contributed by atoms with E-state index in [0.29, 0.717) is 17.0 Å². The number of imide groups is 1. The molecule has 0 radical (unpaired) electrons. The van der Waals surface area contributed by atoms with Crippen molar-refractivity contribution in [1.82, 2.24) is 15.0 Å². The van der Waals surface area contributed by atoms with Crippen molar-refractivity contribution in [2.24, 2.45) is 0 Å². The number of rotatable bonds is 7. The molecule has 7 nitrogen and oxygen atoms in total. The molecule has 36 heavy (non-hydrogen) atoms. The number of aromatic nitrogens is 1. The summed E-state index contributed by atoms with van der Waals surface area (Å²) in [4.78, 5) is 43.1. The zero-order chi connectivity index (χ0) is 25.3. The highest BCUT2D eigenvalue weighted by Gasteiger charge is 2.55. The molecule has 1 aliphatic carbocycles. The number of carbonyl (C=O) groups is 3. The minimum absolute atomic E-state index is 0.145. The monoisotopic (exact) mass is 489 g/mol. The summed E-state index contributed by atoms with van der Waals surface area (Å²) in [7, 11) is 1.62. The summed E-state index contributed by atoms with van der Waals surface area (Å²) in [6.45, 7) is 0.170. The van der Waals surface area contributed by atoms with E-state index >= 15 is 0 Å². The van der Waals surface area contributed by atoms with Crippen LogP contribution in [0.4, 0.5) is 4.39 Å². The van der Waals surface area contributed by atoms with Crippen LogP contribution in [-0.2, 0) is 26.3 Å². The summed E-state index contributed by atoms with van der Waals surface area (Å²) in [6.07, 6.45) is 3.07. The average Bonchev–Trinajstić information content (AvgIpc) is 3.61. The van der Waals surface area contributed by atoms with E-state index in [9.17, 15) is 18.8 Å². The minimum atomic E-state index is -1.42. The van der Waals surface area contributed by atoms with E-state index in [1.54, 1.807) is 19.2 Å². The SMILES string of the molecule is CN(Cc1cc(-c2ccccc2)on1)C(=O)C[C@]1(c2cccc(F)c2)CC(=O)N(C2CCCC2)C1=O. The second-order valence-electron chi connectivity index (χ2n) is 9.75. The molecule has 0 bridgehead atoms. The quantitative estimate of drug-likeness (QED) is 0.458. The molecular formula is C28H28FN3O4. The molecule has 1 saturated carbocycles. The molecule has 3 aromatic rings. The fourth-order valence-corrected chi connectivity index (χ4v) is 5.40. The third kappa shape index (κ3) is 4.43. The van der Waals surface area contributed by atoms with Gasteiger partial charge in [-0.3, -0.25) is 19.3 Å². The van der Waals surface area contributed by atoms with Crippen molar-refractivity contribution >= 4 is 17.7 Å². The fraction of sp³-hybridized carbons (Fsp3) is 0.357. The maximum absolute atomic E-state index is 14.2. The Morgan fingerprint density at radius 3 is 2.58 bits per heavy atom. The Kier molecular flexibility index (Phi) is 6.43. The fourth-order valence-electron chi connectivity index (χ4n) is 5.40. The van der Waals surface area contributed by atoms with Crippen LogP contribution in [0.2, 0.25) is 0 Å². The summed E-state index contributed by atoms with van der Waals surface area (Å²) in [5, 5.41) is 4.08. The van der Waals surface area contributed by atoms with Gasteiger partial charge in [-0.2, -0.15) is 0 Å². The molecule has 2 fully saturated rings. The molecule has 1 aromatic heterocycles. The predicted octanol–water partition coefficient (Wildman–Crippen LogP) is 4.47. The normalized spacial score (nSPS) is 20.3. The lowest BCUT2D eigenvalue weighted by molar-refractivity contribution is -0.144. The number of hydrogen-bond donors (Lipinski definition) is 0. The lowest BCUT2D eigenvalue weighted by Gasteiger charge is -2.30. The van der Waals surface area contributed by atoms with Gasteiger partial charge in [0.05, 0.1) is 12.0 Å². The van der Waals surface area contributed by atoms with Gasteiger partial charge < -0.3 is 9.42 Å². The lowest BCUT2D eigenvalue weighted by atomic mass is 9.75. The average molecular weight is 490 g/mol. The Labute approximate surface area is 208 Å². The van der Waals surface area contributed by atoms with E-state index in [2.05, 4.69) is 5.16 Å². The number of hydrogen-bond acceptors (Lipinski definition) is 5. The molecule has 1 saturated heterocycles. The molecule has 0 N–H and O–H groups in total. The number of halogens is 1. The summed E-state index contributed by atoms with van der Waals surface area (Å²) in [5.74, 6) is -0.956. The Morgan fingerprint density at radius 2 is 1.86 bits per heavy atom. The van der Waals surface area contributed by atoms with E-state index in [-0.39, 0.29) is 37.2 Å². The molecule has 186 valence electrons. The Hall–Kier alpha value is -3.81. The third-order valence-electron chi connectivity index (χ3n) is 7.31. The van der Waals surface area contributed by atoms with Crippen molar-refractivity contribution in [2.75, 3.05) is 7.05 Å². The number of nitrogens with zero attached hydrogens (tertiary/aromatic N) is 3. The first-order chi connectivity index (χ1) is 17.4. The van der Waals surface area contributed by atoms with Gasteiger partial charge in [0.15, 0.2) is 5.76 Å². The smallest absolute Gasteiger partial charge is 0.241 e. The Morgan fingerprint density at radius 1 is 1.11 bits per heavy atom. The highest BCUT2D eigenvalue weighted by molar-refractivity contribution is 6.11. The van der Waals surface area contributed by atoms with Gasteiger partial charge >= 0.3 is 0 Å². The van der Waals surface area contributed by atoms with Crippen LogP contribution in [0.25, 0.3) is 11.3 Å². The standard InChI is InChI=1S/C28H28FN3O4/c1-31(18-22-15-24(36-30-22)19-8-3-2-4-9-19)25(33)16-28(20-10-7-11-21(29)14-20)17-26(34)32(27(28)35)23-12-5-6-13-23/h2-4,7-11,14-15,23H,5-6,12-13,16-18H2,1H3/t28-/m1/s1. The molecule has 2 heterocycles. The summed E-state index contributed by atoms with van der Waals surface area (Å²) in [5.41, 5.74) is 0.366. The van der Waals surface area contributed by atoms with Gasteiger partial charge in [-0.1, -0.05) is 60.5 Å². The number of likely N-dealkylation sites (tertiary alicyclic amines) is 1. The van der Waals surface area contributed by atoms with Crippen LogP contribution in [0.3, 0.4) is 0 Å². The van der Waals surface area contributed by atoms with Crippen LogP contribution in [0.5, 0.6) is 0 Å². The van der Waals surface area contributed by atoms with Gasteiger partial charge in [0.1, 0.15) is 11.5 Å². The third-order valence-corrected chi connectivity index (χ3v) is 7.31. The zero-order valence-electron chi connectivity index (χ0n) is 20.2. The largest absolute Gasteiger partial charge is 0.356 e. The van der Waals surface area contributed by atoms with Crippen LogP contribution in [-0.4, -0.2) is 45.8 Å². The van der Waals surface area contributed by atoms with Gasteiger partial charge in [0, 0.05) is 37.6 Å². The maximum atomic E-state index is 14.2. The number of benzene rings is 2. The molecule has 8 heteroatoms. The zero-order valence-corrected chi connectivity index (χ0v) is 20.2. The first-order valence-electron chi connectivity index (χ1n) is 12.2. The molecule has 0 spiro atoms. The predicted molar refractivity (Wildman–Crippen MR) is 130 cm³/mol. The van der Waals surface area contributed by atoms with Crippen LogP contribution in [0.15, 0.2) is 65.2 Å². The molecular weight excluding hydrogens is 461 g/mol. The molecule has 2 aromatic carbocycles. The van der Waals surface area contributed by atoms with Crippen LogP contribution in [0, 0.1) is 5.82 Å². The summed E-state index contributed by atoms with van der Waals surface area (Å²) in [6, 6.07) is 16.8. The highest BCUT2D eigenvalue weighted by Crippen LogP contribution is 2.43. The van der Waals surface area contributed by atoms with E-state index in [1.165, 1.54) is 28.0 Å². The van der Waals surface area contributed by atoms with E-state index < -0.39 is 17.1 Å². The highest BCUT2D eigenvalue weighted by atomic mass is 19.1. The maximum Gasteiger partial charge on any atom is 0.241 e. The first-order valence-corrected chi connectivity index (χ1v) is 12.2. The van der Waals surface area contributed by atoms with Gasteiger partial charge in [0.2, 0.25) is 17.7 Å². The second-order valence-corrected chi connectivity index (χ2v) is 9.75.